The van der Waals surface area contributed by atoms with E-state index in [0.717, 1.165) is 12.8 Å². The number of benzene rings is 1. The van der Waals surface area contributed by atoms with Gasteiger partial charge < -0.3 is 10.6 Å². The van der Waals surface area contributed by atoms with Crippen LogP contribution in [0.2, 0.25) is 0 Å². The van der Waals surface area contributed by atoms with E-state index in [1.807, 2.05) is 0 Å². The Bertz CT molecular complexity index is 1110. The zero-order chi connectivity index (χ0) is 19.1. The smallest absolute Gasteiger partial charge is 0.274 e. The quantitative estimate of drug-likeness (QED) is 0.658. The number of hydrogen-bond acceptors (Lipinski definition) is 4. The van der Waals surface area contributed by atoms with Crippen molar-refractivity contribution < 1.29 is 9.59 Å². The molecule has 3 N–H and O–H groups in total. The molecule has 138 valence electrons. The highest BCUT2D eigenvalue weighted by Crippen LogP contribution is 2.30. The van der Waals surface area contributed by atoms with Crippen LogP contribution >= 0.6 is 0 Å². The van der Waals surface area contributed by atoms with Gasteiger partial charge in [0.2, 0.25) is 5.91 Å². The first-order valence-electron chi connectivity index (χ1n) is 8.71. The molecule has 0 bridgehead atoms. The molecule has 0 saturated heterocycles. The molecular weight excluding hydrogens is 346 g/mol. The second-order valence-electron chi connectivity index (χ2n) is 6.80. The van der Waals surface area contributed by atoms with Gasteiger partial charge in [0.15, 0.2) is 5.65 Å². The Morgan fingerprint density at radius 3 is 2.41 bits per heavy atom. The Morgan fingerprint density at radius 2 is 1.78 bits per heavy atom. The maximum Gasteiger partial charge on any atom is 0.274 e. The molecule has 0 unspecified atom stereocenters. The SMILES string of the molecule is Cc1cc(C(=O)Nc2ccc(NC(=O)C3CC3)cc2)c2c(=O)[nH]n(C)c2n1. The minimum atomic E-state index is -0.392. The number of pyridine rings is 1. The maximum atomic E-state index is 12.7. The average Bonchev–Trinajstić information content (AvgIpc) is 3.43. The predicted molar refractivity (Wildman–Crippen MR) is 102 cm³/mol. The highest BCUT2D eigenvalue weighted by atomic mass is 16.2. The summed E-state index contributed by atoms with van der Waals surface area (Å²) in [5.74, 6) is -0.229. The summed E-state index contributed by atoms with van der Waals surface area (Å²) in [5.41, 5.74) is 2.24. The number of fused-ring (bicyclic) bond motifs is 1. The lowest BCUT2D eigenvalue weighted by Crippen LogP contribution is -2.16. The summed E-state index contributed by atoms with van der Waals surface area (Å²) in [5, 5.41) is 8.52. The van der Waals surface area contributed by atoms with Crippen LogP contribution < -0.4 is 16.2 Å². The summed E-state index contributed by atoms with van der Waals surface area (Å²) in [7, 11) is 1.67. The van der Waals surface area contributed by atoms with Crippen LogP contribution in [-0.2, 0) is 11.8 Å². The fraction of sp³-hybridized carbons (Fsp3) is 0.263. The number of H-pyrrole nitrogens is 1. The minimum absolute atomic E-state index is 0.0322. The number of aryl methyl sites for hydroxylation is 2. The van der Waals surface area contributed by atoms with Crippen molar-refractivity contribution in [2.45, 2.75) is 19.8 Å². The summed E-state index contributed by atoms with van der Waals surface area (Å²) >= 11 is 0. The number of amides is 2. The van der Waals surface area contributed by atoms with E-state index in [-0.39, 0.29) is 28.3 Å². The number of nitrogens with one attached hydrogen (secondary N) is 3. The highest BCUT2D eigenvalue weighted by Gasteiger charge is 2.29. The Balaban J connectivity index is 1.56. The summed E-state index contributed by atoms with van der Waals surface area (Å²) in [6.07, 6.45) is 1.89. The highest BCUT2D eigenvalue weighted by molar-refractivity contribution is 6.12. The standard InChI is InChI=1S/C19H19N5O3/c1-10-9-14(15-16(20-10)24(2)23-19(15)27)18(26)22-13-7-5-12(6-8-13)21-17(25)11-3-4-11/h5-9,11H,3-4H2,1-2H3,(H,21,25)(H,22,26)(H,23,27). The fourth-order valence-electron chi connectivity index (χ4n) is 2.99. The molecule has 0 aliphatic heterocycles. The number of carbonyl (C=O) groups excluding carboxylic acids is 2. The van der Waals surface area contributed by atoms with Crippen LogP contribution in [0.1, 0.15) is 28.9 Å². The third-order valence-corrected chi connectivity index (χ3v) is 4.55. The lowest BCUT2D eigenvalue weighted by molar-refractivity contribution is -0.117. The second-order valence-corrected chi connectivity index (χ2v) is 6.80. The van der Waals surface area contributed by atoms with E-state index in [9.17, 15) is 14.4 Å². The monoisotopic (exact) mass is 365 g/mol. The van der Waals surface area contributed by atoms with Gasteiger partial charge in [-0.3, -0.25) is 24.2 Å². The van der Waals surface area contributed by atoms with E-state index in [1.165, 1.54) is 4.68 Å². The van der Waals surface area contributed by atoms with Gasteiger partial charge in [-0.2, -0.15) is 0 Å². The molecule has 1 aromatic carbocycles. The van der Waals surface area contributed by atoms with Crippen molar-refractivity contribution in [1.82, 2.24) is 14.8 Å². The maximum absolute atomic E-state index is 12.7. The molecular formula is C19H19N5O3. The van der Waals surface area contributed by atoms with Crippen LogP contribution in [0, 0.1) is 12.8 Å². The van der Waals surface area contributed by atoms with E-state index < -0.39 is 5.91 Å². The number of hydrogen-bond donors (Lipinski definition) is 3. The van der Waals surface area contributed by atoms with Crippen molar-refractivity contribution in [3.05, 3.63) is 51.9 Å². The first kappa shape index (κ1) is 17.0. The molecule has 2 aromatic heterocycles. The molecule has 0 radical (unpaired) electrons. The average molecular weight is 365 g/mol. The van der Waals surface area contributed by atoms with Crippen molar-refractivity contribution in [1.29, 1.82) is 0 Å². The van der Waals surface area contributed by atoms with Gasteiger partial charge in [0.1, 0.15) is 0 Å². The van der Waals surface area contributed by atoms with Gasteiger partial charge >= 0.3 is 0 Å². The molecule has 1 aliphatic carbocycles. The number of nitrogens with zero attached hydrogens (tertiary/aromatic N) is 2. The van der Waals surface area contributed by atoms with Gasteiger partial charge in [0.05, 0.1) is 10.9 Å². The first-order valence-corrected chi connectivity index (χ1v) is 8.71. The minimum Gasteiger partial charge on any atom is -0.326 e. The van der Waals surface area contributed by atoms with E-state index in [1.54, 1.807) is 44.3 Å². The lowest BCUT2D eigenvalue weighted by atomic mass is 10.1. The van der Waals surface area contributed by atoms with Crippen LogP contribution in [0.5, 0.6) is 0 Å². The Kier molecular flexibility index (Phi) is 4.02. The molecule has 0 atom stereocenters. The van der Waals surface area contributed by atoms with E-state index >= 15 is 0 Å². The molecule has 1 aliphatic rings. The van der Waals surface area contributed by atoms with Gasteiger partial charge in [0, 0.05) is 30.0 Å². The largest absolute Gasteiger partial charge is 0.326 e. The zero-order valence-electron chi connectivity index (χ0n) is 15.0. The number of aromatic nitrogens is 3. The van der Waals surface area contributed by atoms with E-state index in [0.29, 0.717) is 22.7 Å². The first-order chi connectivity index (χ1) is 12.9. The number of carbonyl (C=O) groups is 2. The molecule has 3 aromatic rings. The van der Waals surface area contributed by atoms with Crippen LogP contribution in [0.3, 0.4) is 0 Å². The van der Waals surface area contributed by atoms with Gasteiger partial charge in [-0.15, -0.1) is 0 Å². The van der Waals surface area contributed by atoms with Crippen molar-refractivity contribution in [2.24, 2.45) is 13.0 Å². The summed E-state index contributed by atoms with van der Waals surface area (Å²) < 4.78 is 1.50. The topological polar surface area (TPSA) is 109 Å². The Hall–Kier alpha value is -3.42. The number of aromatic amines is 1. The van der Waals surface area contributed by atoms with Gasteiger partial charge in [-0.05, 0) is 50.1 Å². The Morgan fingerprint density at radius 1 is 1.15 bits per heavy atom. The second kappa shape index (κ2) is 6.39. The molecule has 8 nitrogen and oxygen atoms in total. The van der Waals surface area contributed by atoms with Gasteiger partial charge in [0.25, 0.3) is 11.5 Å². The summed E-state index contributed by atoms with van der Waals surface area (Å²) in [6, 6.07) is 8.48. The zero-order valence-corrected chi connectivity index (χ0v) is 15.0. The third kappa shape index (κ3) is 3.33. The van der Waals surface area contributed by atoms with Crippen LogP contribution in [0.4, 0.5) is 11.4 Å². The van der Waals surface area contributed by atoms with E-state index in [2.05, 4.69) is 20.7 Å². The molecule has 8 heteroatoms. The fourth-order valence-corrected chi connectivity index (χ4v) is 2.99. The van der Waals surface area contributed by atoms with E-state index in [4.69, 9.17) is 0 Å². The number of anilines is 2. The summed E-state index contributed by atoms with van der Waals surface area (Å²) in [6.45, 7) is 1.77. The molecule has 4 rings (SSSR count). The molecule has 1 saturated carbocycles. The van der Waals surface area contributed by atoms with Crippen LogP contribution in [-0.4, -0.2) is 26.6 Å². The van der Waals surface area contributed by atoms with Crippen molar-refractivity contribution >= 4 is 34.2 Å². The van der Waals surface area contributed by atoms with Gasteiger partial charge in [-0.25, -0.2) is 4.98 Å². The molecule has 2 amide bonds. The van der Waals surface area contributed by atoms with Crippen LogP contribution in [0.25, 0.3) is 11.0 Å². The molecule has 27 heavy (non-hydrogen) atoms. The molecule has 2 heterocycles. The van der Waals surface area contributed by atoms with Crippen molar-refractivity contribution in [3.8, 4) is 0 Å². The van der Waals surface area contributed by atoms with Gasteiger partial charge in [-0.1, -0.05) is 0 Å². The van der Waals surface area contributed by atoms with Crippen LogP contribution in [0.15, 0.2) is 35.1 Å². The third-order valence-electron chi connectivity index (χ3n) is 4.55. The lowest BCUT2D eigenvalue weighted by Gasteiger charge is -2.09. The normalized spacial score (nSPS) is 13.6. The summed E-state index contributed by atoms with van der Waals surface area (Å²) in [4.78, 5) is 41.0. The molecule has 0 spiro atoms. The predicted octanol–water partition coefficient (Wildman–Crippen LogP) is 2.17. The molecule has 1 fully saturated rings. The number of rotatable bonds is 4. The van der Waals surface area contributed by atoms with Crippen molar-refractivity contribution in [2.75, 3.05) is 10.6 Å². The Labute approximate surface area is 154 Å². The van der Waals surface area contributed by atoms with Crippen molar-refractivity contribution in [3.63, 3.8) is 0 Å².